The molecule has 0 radical (unpaired) electrons. The Morgan fingerprint density at radius 1 is 0.451 bits per heavy atom. The molecule has 7 aromatic carbocycles. The largest absolute Gasteiger partial charge is 0.456 e. The second kappa shape index (κ2) is 10.9. The van der Waals surface area contributed by atoms with Crippen molar-refractivity contribution in [3.8, 4) is 39.9 Å². The van der Waals surface area contributed by atoms with Crippen LogP contribution in [0.2, 0.25) is 0 Å². The van der Waals surface area contributed by atoms with E-state index in [0.29, 0.717) is 17.5 Å². The Morgan fingerprint density at radius 2 is 1.12 bits per heavy atom. The first-order valence-corrected chi connectivity index (χ1v) is 17.8. The van der Waals surface area contributed by atoms with Gasteiger partial charge in [0.05, 0.1) is 22.1 Å². The van der Waals surface area contributed by atoms with Crippen molar-refractivity contribution in [1.82, 2.24) is 19.5 Å². The van der Waals surface area contributed by atoms with Crippen molar-refractivity contribution in [3.63, 3.8) is 0 Å². The number of furan rings is 1. The Labute approximate surface area is 295 Å². The smallest absolute Gasteiger partial charge is 0.165 e. The molecule has 0 aliphatic heterocycles. The van der Waals surface area contributed by atoms with Gasteiger partial charge in [-0.15, -0.1) is 11.3 Å². The van der Waals surface area contributed by atoms with E-state index in [1.807, 2.05) is 36.4 Å². The number of benzene rings is 7. The minimum Gasteiger partial charge on any atom is -0.456 e. The maximum Gasteiger partial charge on any atom is 0.165 e. The summed E-state index contributed by atoms with van der Waals surface area (Å²) in [5, 5.41) is 6.98. The van der Waals surface area contributed by atoms with Crippen LogP contribution in [0, 0.1) is 0 Å². The number of aromatic nitrogens is 4. The van der Waals surface area contributed by atoms with Gasteiger partial charge in [0.2, 0.25) is 0 Å². The van der Waals surface area contributed by atoms with E-state index in [1.54, 1.807) is 11.3 Å². The Balaban J connectivity index is 1.18. The zero-order valence-corrected chi connectivity index (χ0v) is 27.9. The summed E-state index contributed by atoms with van der Waals surface area (Å²) in [7, 11) is 0. The van der Waals surface area contributed by atoms with Crippen LogP contribution in [0.1, 0.15) is 0 Å². The van der Waals surface area contributed by atoms with Gasteiger partial charge in [0.1, 0.15) is 11.2 Å². The summed E-state index contributed by atoms with van der Waals surface area (Å²) in [4.78, 5) is 15.5. The second-order valence-corrected chi connectivity index (χ2v) is 13.8. The van der Waals surface area contributed by atoms with Crippen LogP contribution in [0.5, 0.6) is 0 Å². The molecule has 0 atom stereocenters. The van der Waals surface area contributed by atoms with Gasteiger partial charge < -0.3 is 8.98 Å². The van der Waals surface area contributed by atoms with Crippen molar-refractivity contribution >= 4 is 75.3 Å². The molecule has 0 fully saturated rings. The maximum absolute atomic E-state index is 6.33. The topological polar surface area (TPSA) is 56.7 Å². The molecule has 0 N–H and O–H groups in total. The van der Waals surface area contributed by atoms with E-state index in [9.17, 15) is 0 Å². The molecule has 0 unspecified atom stereocenters. The van der Waals surface area contributed by atoms with Crippen molar-refractivity contribution in [3.05, 3.63) is 158 Å². The van der Waals surface area contributed by atoms with E-state index in [-0.39, 0.29) is 0 Å². The summed E-state index contributed by atoms with van der Waals surface area (Å²) >= 11 is 1.78. The highest BCUT2D eigenvalue weighted by Gasteiger charge is 2.20. The lowest BCUT2D eigenvalue weighted by Gasteiger charge is -2.11. The number of para-hydroxylation sites is 2. The summed E-state index contributed by atoms with van der Waals surface area (Å²) in [6, 6.07) is 54.9. The molecular formula is C45H26N4OS. The molecule has 11 rings (SSSR count). The SMILES string of the molecule is c1ccc(-c2nc(-c3ccc4c5ccccc5n(-c5cccc6oc7ccccc7c56)c4c3)nc(-c3cccc4c3sc3ccccc34)n2)cc1. The predicted octanol–water partition coefficient (Wildman–Crippen LogP) is 12.2. The van der Waals surface area contributed by atoms with Crippen LogP contribution in [-0.4, -0.2) is 19.5 Å². The molecular weight excluding hydrogens is 645 g/mol. The third kappa shape index (κ3) is 4.30. The van der Waals surface area contributed by atoms with Crippen LogP contribution < -0.4 is 0 Å². The number of nitrogens with zero attached hydrogens (tertiary/aromatic N) is 4. The lowest BCUT2D eigenvalue weighted by Crippen LogP contribution is -2.00. The molecule has 238 valence electrons. The Bertz CT molecular complexity index is 3150. The summed E-state index contributed by atoms with van der Waals surface area (Å²) in [5.41, 5.74) is 7.87. The monoisotopic (exact) mass is 670 g/mol. The molecule has 6 heteroatoms. The van der Waals surface area contributed by atoms with Crippen molar-refractivity contribution < 1.29 is 4.42 Å². The lowest BCUT2D eigenvalue weighted by atomic mass is 10.1. The van der Waals surface area contributed by atoms with Gasteiger partial charge in [-0.2, -0.15) is 0 Å². The molecule has 0 spiro atoms. The van der Waals surface area contributed by atoms with E-state index in [2.05, 4.69) is 126 Å². The van der Waals surface area contributed by atoms with E-state index in [1.165, 1.54) is 25.6 Å². The average molecular weight is 671 g/mol. The van der Waals surface area contributed by atoms with Gasteiger partial charge in [0.25, 0.3) is 0 Å². The summed E-state index contributed by atoms with van der Waals surface area (Å²) in [6.07, 6.45) is 0. The van der Waals surface area contributed by atoms with Crippen LogP contribution >= 0.6 is 11.3 Å². The third-order valence-electron chi connectivity index (χ3n) is 9.87. The second-order valence-electron chi connectivity index (χ2n) is 12.8. The normalized spacial score (nSPS) is 11.9. The van der Waals surface area contributed by atoms with E-state index in [4.69, 9.17) is 19.4 Å². The molecule has 5 nitrogen and oxygen atoms in total. The molecule has 4 aromatic heterocycles. The van der Waals surface area contributed by atoms with Gasteiger partial charge in [-0.1, -0.05) is 115 Å². The first-order chi connectivity index (χ1) is 25.3. The quantitative estimate of drug-likeness (QED) is 0.187. The summed E-state index contributed by atoms with van der Waals surface area (Å²) in [6.45, 7) is 0. The van der Waals surface area contributed by atoms with Crippen LogP contribution in [-0.2, 0) is 0 Å². The number of rotatable bonds is 4. The number of fused-ring (bicyclic) bond motifs is 9. The fourth-order valence-electron chi connectivity index (χ4n) is 7.58. The number of hydrogen-bond acceptors (Lipinski definition) is 5. The molecule has 0 saturated heterocycles. The van der Waals surface area contributed by atoms with Gasteiger partial charge in [0.15, 0.2) is 17.5 Å². The Morgan fingerprint density at radius 3 is 2.02 bits per heavy atom. The van der Waals surface area contributed by atoms with E-state index >= 15 is 0 Å². The summed E-state index contributed by atoms with van der Waals surface area (Å²) in [5.74, 6) is 1.93. The van der Waals surface area contributed by atoms with Crippen LogP contribution in [0.25, 0.3) is 104 Å². The number of hydrogen-bond donors (Lipinski definition) is 0. The molecule has 0 amide bonds. The van der Waals surface area contributed by atoms with Crippen molar-refractivity contribution in [2.24, 2.45) is 0 Å². The zero-order chi connectivity index (χ0) is 33.5. The highest BCUT2D eigenvalue weighted by Crippen LogP contribution is 2.41. The van der Waals surface area contributed by atoms with Crippen LogP contribution in [0.4, 0.5) is 0 Å². The highest BCUT2D eigenvalue weighted by atomic mass is 32.1. The van der Waals surface area contributed by atoms with Crippen LogP contribution in [0.15, 0.2) is 162 Å². The fraction of sp³-hybridized carbons (Fsp3) is 0. The molecule has 0 saturated carbocycles. The van der Waals surface area contributed by atoms with E-state index in [0.717, 1.165) is 60.7 Å². The first-order valence-electron chi connectivity index (χ1n) is 16.9. The molecule has 4 heterocycles. The molecule has 51 heavy (non-hydrogen) atoms. The summed E-state index contributed by atoms with van der Waals surface area (Å²) < 4.78 is 11.1. The molecule has 0 bridgehead atoms. The van der Waals surface area contributed by atoms with Crippen molar-refractivity contribution in [2.75, 3.05) is 0 Å². The fourth-order valence-corrected chi connectivity index (χ4v) is 8.79. The van der Waals surface area contributed by atoms with Crippen molar-refractivity contribution in [2.45, 2.75) is 0 Å². The number of thiophene rings is 1. The molecule has 0 aliphatic rings. The minimum absolute atomic E-state index is 0.627. The van der Waals surface area contributed by atoms with E-state index < -0.39 is 0 Å². The van der Waals surface area contributed by atoms with Gasteiger partial charge >= 0.3 is 0 Å². The van der Waals surface area contributed by atoms with Crippen molar-refractivity contribution in [1.29, 1.82) is 0 Å². The van der Waals surface area contributed by atoms with Crippen LogP contribution in [0.3, 0.4) is 0 Å². The van der Waals surface area contributed by atoms with Gasteiger partial charge in [-0.05, 0) is 42.5 Å². The lowest BCUT2D eigenvalue weighted by molar-refractivity contribution is 0.669. The maximum atomic E-state index is 6.33. The standard InChI is InChI=1S/C45H26N4OS/c1-2-12-27(13-3-1)43-46-44(48-45(47-43)34-18-10-17-32-31-15-6-9-23-40(31)51-42(32)34)28-24-25-30-29-14-4-7-19-35(29)49(37(30)26-28)36-20-11-22-39-41(36)33-16-5-8-21-38(33)50-39/h1-26H. The minimum atomic E-state index is 0.627. The van der Waals surface area contributed by atoms with Gasteiger partial charge in [-0.3, -0.25) is 0 Å². The Kier molecular flexibility index (Phi) is 6.05. The third-order valence-corrected chi connectivity index (χ3v) is 11.1. The first kappa shape index (κ1) is 28.2. The van der Waals surface area contributed by atoms with Gasteiger partial charge in [0, 0.05) is 53.0 Å². The zero-order valence-electron chi connectivity index (χ0n) is 27.1. The highest BCUT2D eigenvalue weighted by molar-refractivity contribution is 7.26. The Hall–Kier alpha value is -6.63. The average Bonchev–Trinajstić information content (AvgIpc) is 3.87. The molecule has 0 aliphatic carbocycles. The predicted molar refractivity (Wildman–Crippen MR) is 211 cm³/mol. The molecule has 11 aromatic rings. The van der Waals surface area contributed by atoms with Gasteiger partial charge in [-0.25, -0.2) is 15.0 Å².